The highest BCUT2D eigenvalue weighted by Gasteiger charge is 2.01. The number of rotatable bonds is 5. The second kappa shape index (κ2) is 7.14. The van der Waals surface area contributed by atoms with Gasteiger partial charge in [0.1, 0.15) is 0 Å². The number of carbonyl (C=O) groups is 1. The van der Waals surface area contributed by atoms with Crippen LogP contribution in [-0.4, -0.2) is 38.1 Å². The van der Waals surface area contributed by atoms with Crippen molar-refractivity contribution in [1.29, 1.82) is 0 Å². The fraction of sp³-hybridized carbons (Fsp3) is 0.417. The first-order valence-electron chi connectivity index (χ1n) is 5.50. The van der Waals surface area contributed by atoms with E-state index in [1.165, 1.54) is 4.90 Å². The minimum absolute atomic E-state index is 0.0791. The number of urea groups is 1. The molecule has 0 atom stereocenters. The average Bonchev–Trinajstić information content (AvgIpc) is 2.30. The third-order valence-electron chi connectivity index (χ3n) is 2.26. The van der Waals surface area contributed by atoms with Crippen molar-refractivity contribution in [3.05, 3.63) is 34.9 Å². The van der Waals surface area contributed by atoms with Crippen molar-refractivity contribution >= 4 is 17.6 Å². The molecule has 0 fully saturated rings. The summed E-state index contributed by atoms with van der Waals surface area (Å²) in [6, 6.07) is 7.63. The van der Waals surface area contributed by atoms with Crippen molar-refractivity contribution in [3.63, 3.8) is 0 Å². The van der Waals surface area contributed by atoms with Crippen molar-refractivity contribution in [1.82, 2.24) is 15.5 Å². The summed E-state index contributed by atoms with van der Waals surface area (Å²) >= 11 is 6.01. The summed E-state index contributed by atoms with van der Waals surface area (Å²) in [4.78, 5) is 12.7. The summed E-state index contributed by atoms with van der Waals surface area (Å²) in [6.45, 7) is 2.02. The van der Waals surface area contributed by atoms with Gasteiger partial charge in [0.25, 0.3) is 0 Å². The largest absolute Gasteiger partial charge is 0.337 e. The van der Waals surface area contributed by atoms with Crippen LogP contribution >= 0.6 is 11.6 Å². The van der Waals surface area contributed by atoms with Crippen molar-refractivity contribution in [3.8, 4) is 0 Å². The minimum Gasteiger partial charge on any atom is -0.337 e. The number of halogens is 1. The summed E-state index contributed by atoms with van der Waals surface area (Å²) in [5.41, 5.74) is 1.06. The van der Waals surface area contributed by atoms with Crippen LogP contribution in [0.5, 0.6) is 0 Å². The normalized spacial score (nSPS) is 10.1. The van der Waals surface area contributed by atoms with Gasteiger partial charge in [0, 0.05) is 38.8 Å². The zero-order valence-corrected chi connectivity index (χ0v) is 10.9. The Morgan fingerprint density at radius 1 is 1.29 bits per heavy atom. The highest BCUT2D eigenvalue weighted by Crippen LogP contribution is 2.13. The van der Waals surface area contributed by atoms with Crippen LogP contribution in [0.15, 0.2) is 24.3 Å². The molecule has 0 saturated heterocycles. The van der Waals surface area contributed by atoms with E-state index in [4.69, 9.17) is 11.6 Å². The molecule has 0 saturated carbocycles. The lowest BCUT2D eigenvalue weighted by Gasteiger charge is -2.12. The summed E-state index contributed by atoms with van der Waals surface area (Å²) in [5, 5.41) is 6.76. The number of amides is 2. The van der Waals surface area contributed by atoms with Crippen LogP contribution < -0.4 is 10.6 Å². The number of carbonyl (C=O) groups excluding carboxylic acids is 1. The van der Waals surface area contributed by atoms with E-state index in [1.54, 1.807) is 14.1 Å². The standard InChI is InChI=1S/C12H18ClN3O/c1-16(2)12(17)15-8-7-14-9-10-5-3-4-6-11(10)13/h3-6,14H,7-9H2,1-2H3,(H,15,17). The Morgan fingerprint density at radius 3 is 2.65 bits per heavy atom. The monoisotopic (exact) mass is 255 g/mol. The van der Waals surface area contributed by atoms with Gasteiger partial charge < -0.3 is 15.5 Å². The molecule has 2 N–H and O–H groups in total. The molecule has 0 aliphatic heterocycles. The number of benzene rings is 1. The first kappa shape index (κ1) is 13.8. The second-order valence-electron chi connectivity index (χ2n) is 3.89. The Kier molecular flexibility index (Phi) is 5.80. The fourth-order valence-corrected chi connectivity index (χ4v) is 1.48. The van der Waals surface area contributed by atoms with E-state index in [9.17, 15) is 4.79 Å². The van der Waals surface area contributed by atoms with Crippen LogP contribution in [0.2, 0.25) is 5.02 Å². The van der Waals surface area contributed by atoms with Gasteiger partial charge in [0.05, 0.1) is 0 Å². The highest BCUT2D eigenvalue weighted by molar-refractivity contribution is 6.31. The van der Waals surface area contributed by atoms with E-state index in [0.29, 0.717) is 19.6 Å². The fourth-order valence-electron chi connectivity index (χ4n) is 1.28. The molecule has 5 heteroatoms. The van der Waals surface area contributed by atoms with Gasteiger partial charge >= 0.3 is 6.03 Å². The van der Waals surface area contributed by atoms with Crippen LogP contribution in [-0.2, 0) is 6.54 Å². The molecule has 0 heterocycles. The van der Waals surface area contributed by atoms with E-state index in [0.717, 1.165) is 10.6 Å². The Hall–Kier alpha value is -1.26. The quantitative estimate of drug-likeness (QED) is 0.787. The predicted molar refractivity (Wildman–Crippen MR) is 70.2 cm³/mol. The highest BCUT2D eigenvalue weighted by atomic mass is 35.5. The molecule has 0 unspecified atom stereocenters. The maximum atomic E-state index is 11.2. The molecule has 0 spiro atoms. The lowest BCUT2D eigenvalue weighted by atomic mass is 10.2. The summed E-state index contributed by atoms with van der Waals surface area (Å²) in [6.07, 6.45) is 0. The summed E-state index contributed by atoms with van der Waals surface area (Å²) in [5.74, 6) is 0. The molecular weight excluding hydrogens is 238 g/mol. The molecule has 0 aliphatic rings. The molecule has 0 aliphatic carbocycles. The Labute approximate surface area is 107 Å². The average molecular weight is 256 g/mol. The van der Waals surface area contributed by atoms with Gasteiger partial charge in [-0.05, 0) is 11.6 Å². The van der Waals surface area contributed by atoms with E-state index >= 15 is 0 Å². The summed E-state index contributed by atoms with van der Waals surface area (Å²) < 4.78 is 0. The van der Waals surface area contributed by atoms with Crippen molar-refractivity contribution in [2.75, 3.05) is 27.2 Å². The van der Waals surface area contributed by atoms with Gasteiger partial charge in [-0.1, -0.05) is 29.8 Å². The van der Waals surface area contributed by atoms with Gasteiger partial charge in [-0.3, -0.25) is 0 Å². The molecule has 0 radical (unpaired) electrons. The Morgan fingerprint density at radius 2 is 2.00 bits per heavy atom. The van der Waals surface area contributed by atoms with Crippen LogP contribution in [0, 0.1) is 0 Å². The van der Waals surface area contributed by atoms with Crippen LogP contribution in [0.1, 0.15) is 5.56 Å². The van der Waals surface area contributed by atoms with E-state index in [1.807, 2.05) is 24.3 Å². The molecule has 2 amide bonds. The minimum atomic E-state index is -0.0791. The molecule has 1 aromatic rings. The van der Waals surface area contributed by atoms with Crippen molar-refractivity contribution in [2.24, 2.45) is 0 Å². The van der Waals surface area contributed by atoms with E-state index in [2.05, 4.69) is 10.6 Å². The molecule has 94 valence electrons. The van der Waals surface area contributed by atoms with Gasteiger partial charge in [-0.2, -0.15) is 0 Å². The third-order valence-corrected chi connectivity index (χ3v) is 2.63. The first-order chi connectivity index (χ1) is 8.11. The van der Waals surface area contributed by atoms with Crippen molar-refractivity contribution in [2.45, 2.75) is 6.54 Å². The number of nitrogens with zero attached hydrogens (tertiary/aromatic N) is 1. The Balaban J connectivity index is 2.17. The zero-order chi connectivity index (χ0) is 12.7. The smallest absolute Gasteiger partial charge is 0.316 e. The molecule has 4 nitrogen and oxygen atoms in total. The van der Waals surface area contributed by atoms with Crippen LogP contribution in [0.4, 0.5) is 4.79 Å². The third kappa shape index (κ3) is 5.06. The van der Waals surface area contributed by atoms with Gasteiger partial charge in [0.2, 0.25) is 0 Å². The SMILES string of the molecule is CN(C)C(=O)NCCNCc1ccccc1Cl. The molecule has 17 heavy (non-hydrogen) atoms. The zero-order valence-electron chi connectivity index (χ0n) is 10.2. The van der Waals surface area contributed by atoms with E-state index in [-0.39, 0.29) is 6.03 Å². The number of nitrogens with one attached hydrogen (secondary N) is 2. The molecule has 1 rings (SSSR count). The Bertz CT molecular complexity index is 369. The maximum absolute atomic E-state index is 11.2. The molecule has 0 bridgehead atoms. The maximum Gasteiger partial charge on any atom is 0.316 e. The molecule has 1 aromatic carbocycles. The second-order valence-corrected chi connectivity index (χ2v) is 4.30. The predicted octanol–water partition coefficient (Wildman–Crippen LogP) is 1.70. The molecule has 0 aromatic heterocycles. The number of hydrogen-bond acceptors (Lipinski definition) is 2. The van der Waals surface area contributed by atoms with Gasteiger partial charge in [0.15, 0.2) is 0 Å². The lowest BCUT2D eigenvalue weighted by molar-refractivity contribution is 0.217. The van der Waals surface area contributed by atoms with Gasteiger partial charge in [-0.15, -0.1) is 0 Å². The van der Waals surface area contributed by atoms with Crippen molar-refractivity contribution < 1.29 is 4.79 Å². The molecular formula is C12H18ClN3O. The van der Waals surface area contributed by atoms with E-state index < -0.39 is 0 Å². The number of hydrogen-bond donors (Lipinski definition) is 2. The van der Waals surface area contributed by atoms with Crippen LogP contribution in [0.3, 0.4) is 0 Å². The lowest BCUT2D eigenvalue weighted by Crippen LogP contribution is -2.38. The topological polar surface area (TPSA) is 44.4 Å². The van der Waals surface area contributed by atoms with Crippen LogP contribution in [0.25, 0.3) is 0 Å². The first-order valence-corrected chi connectivity index (χ1v) is 5.88. The summed E-state index contributed by atoms with van der Waals surface area (Å²) in [7, 11) is 3.43. The van der Waals surface area contributed by atoms with Gasteiger partial charge in [-0.25, -0.2) is 4.79 Å².